The molecule has 1 aliphatic rings. The predicted molar refractivity (Wildman–Crippen MR) is 157 cm³/mol. The fourth-order valence-corrected chi connectivity index (χ4v) is 10.7. The lowest BCUT2D eigenvalue weighted by Gasteiger charge is -2.45. The van der Waals surface area contributed by atoms with Crippen molar-refractivity contribution in [2.24, 2.45) is 0 Å². The van der Waals surface area contributed by atoms with Crippen molar-refractivity contribution in [2.45, 2.75) is 57.3 Å². The zero-order chi connectivity index (χ0) is 28.0. The van der Waals surface area contributed by atoms with Gasteiger partial charge in [-0.15, -0.1) is 0 Å². The molecule has 7 heteroatoms. The van der Waals surface area contributed by atoms with Gasteiger partial charge in [-0.3, -0.25) is 0 Å². The molecule has 0 radical (unpaired) electrons. The minimum Gasteiger partial charge on any atom is -0.493 e. The maximum absolute atomic E-state index is 7.54. The van der Waals surface area contributed by atoms with E-state index in [1.165, 1.54) is 10.4 Å². The van der Waals surface area contributed by atoms with Gasteiger partial charge in [-0.05, 0) is 39.9 Å². The standard InChI is InChI=1S/C32H42O6Si/c1-32(2,3)39(24-14-10-8-11-15-24,25-16-12-9-13-17-25)38-23-18-19-26-27(28(20-23)37-22-33-4)21-29(34-5)31(36-7)30(26)35-6/h8-17,21,23,28H,18-20,22H2,1-7H3/t23-,28?/m0/s1. The fourth-order valence-electron chi connectivity index (χ4n) is 5.93. The van der Waals surface area contributed by atoms with E-state index < -0.39 is 8.32 Å². The molecule has 0 fully saturated rings. The van der Waals surface area contributed by atoms with Crippen LogP contribution in [0, 0.1) is 0 Å². The van der Waals surface area contributed by atoms with Crippen LogP contribution in [0.25, 0.3) is 0 Å². The van der Waals surface area contributed by atoms with Crippen LogP contribution in [0.3, 0.4) is 0 Å². The third-order valence-electron chi connectivity index (χ3n) is 7.65. The van der Waals surface area contributed by atoms with Crippen molar-refractivity contribution in [3.63, 3.8) is 0 Å². The average molecular weight is 551 g/mol. The van der Waals surface area contributed by atoms with Gasteiger partial charge < -0.3 is 28.1 Å². The summed E-state index contributed by atoms with van der Waals surface area (Å²) in [5, 5.41) is 2.41. The van der Waals surface area contributed by atoms with Gasteiger partial charge in [0.15, 0.2) is 11.5 Å². The Morgan fingerprint density at radius 3 is 1.87 bits per heavy atom. The fraction of sp³-hybridized carbons (Fsp3) is 0.438. The molecule has 0 heterocycles. The summed E-state index contributed by atoms with van der Waals surface area (Å²) in [6.07, 6.45) is 1.93. The molecule has 0 bridgehead atoms. The summed E-state index contributed by atoms with van der Waals surface area (Å²) in [5.41, 5.74) is 2.08. The van der Waals surface area contributed by atoms with E-state index in [4.69, 9.17) is 28.1 Å². The van der Waals surface area contributed by atoms with E-state index in [9.17, 15) is 0 Å². The molecule has 1 aliphatic carbocycles. The van der Waals surface area contributed by atoms with Gasteiger partial charge in [0, 0.05) is 25.2 Å². The Bertz CT molecular complexity index is 1170. The second-order valence-electron chi connectivity index (χ2n) is 11.0. The highest BCUT2D eigenvalue weighted by Crippen LogP contribution is 2.48. The summed E-state index contributed by atoms with van der Waals surface area (Å²) in [5.74, 6) is 1.89. The lowest BCUT2D eigenvalue weighted by molar-refractivity contribution is -0.0842. The molecule has 0 saturated heterocycles. The molecule has 0 aliphatic heterocycles. The molecule has 0 N–H and O–H groups in total. The van der Waals surface area contributed by atoms with Gasteiger partial charge in [-0.2, -0.15) is 0 Å². The summed E-state index contributed by atoms with van der Waals surface area (Å²) in [4.78, 5) is 0. The van der Waals surface area contributed by atoms with Crippen LogP contribution in [0.2, 0.25) is 5.04 Å². The van der Waals surface area contributed by atoms with Crippen LogP contribution in [-0.2, 0) is 20.3 Å². The zero-order valence-electron chi connectivity index (χ0n) is 24.3. The van der Waals surface area contributed by atoms with Crippen molar-refractivity contribution >= 4 is 18.7 Å². The minimum absolute atomic E-state index is 0.0627. The molecule has 4 rings (SSSR count). The third-order valence-corrected chi connectivity index (χ3v) is 12.7. The highest BCUT2D eigenvalue weighted by molar-refractivity contribution is 6.99. The Balaban J connectivity index is 1.83. The third kappa shape index (κ3) is 5.73. The quantitative estimate of drug-likeness (QED) is 0.185. The van der Waals surface area contributed by atoms with Gasteiger partial charge >= 0.3 is 0 Å². The van der Waals surface area contributed by atoms with Crippen LogP contribution in [0.5, 0.6) is 17.2 Å². The molecule has 1 unspecified atom stereocenters. The van der Waals surface area contributed by atoms with Crippen molar-refractivity contribution in [3.05, 3.63) is 77.9 Å². The first-order valence-electron chi connectivity index (χ1n) is 13.5. The number of hydrogen-bond acceptors (Lipinski definition) is 6. The number of fused-ring (bicyclic) bond motifs is 1. The van der Waals surface area contributed by atoms with Gasteiger partial charge in [-0.25, -0.2) is 0 Å². The molecule has 39 heavy (non-hydrogen) atoms. The first kappa shape index (κ1) is 29.1. The molecule has 0 spiro atoms. The van der Waals surface area contributed by atoms with Crippen LogP contribution in [0.15, 0.2) is 66.7 Å². The largest absolute Gasteiger partial charge is 0.493 e. The van der Waals surface area contributed by atoms with E-state index in [0.29, 0.717) is 23.7 Å². The molecular formula is C32H42O6Si. The SMILES string of the molecule is COCOC1C[C@@H](O[Si](c2ccccc2)(c2ccccc2)C(C)(C)C)CCc2c1cc(OC)c(OC)c2OC. The summed E-state index contributed by atoms with van der Waals surface area (Å²) < 4.78 is 36.5. The highest BCUT2D eigenvalue weighted by Gasteiger charge is 2.52. The van der Waals surface area contributed by atoms with Gasteiger partial charge in [0.25, 0.3) is 8.32 Å². The predicted octanol–water partition coefficient (Wildman–Crippen LogP) is 5.66. The van der Waals surface area contributed by atoms with Crippen molar-refractivity contribution in [1.82, 2.24) is 0 Å². The Labute approximate surface area is 234 Å². The Kier molecular flexibility index (Phi) is 9.38. The summed E-state index contributed by atoms with van der Waals surface area (Å²) >= 11 is 0. The summed E-state index contributed by atoms with van der Waals surface area (Å²) in [6.45, 7) is 7.10. The average Bonchev–Trinajstić information content (AvgIpc) is 3.12. The molecule has 3 aromatic rings. The normalized spacial score (nSPS) is 17.7. The molecule has 6 nitrogen and oxygen atoms in total. The topological polar surface area (TPSA) is 55.4 Å². The molecule has 210 valence electrons. The molecule has 0 saturated carbocycles. The lowest BCUT2D eigenvalue weighted by Crippen LogP contribution is -2.67. The van der Waals surface area contributed by atoms with E-state index in [0.717, 1.165) is 24.0 Å². The molecule has 0 amide bonds. The van der Waals surface area contributed by atoms with Crippen molar-refractivity contribution in [3.8, 4) is 17.2 Å². The number of methoxy groups -OCH3 is 4. The summed E-state index contributed by atoms with van der Waals surface area (Å²) in [7, 11) is 3.84. The smallest absolute Gasteiger partial charge is 0.261 e. The molecule has 2 atom stereocenters. The number of benzene rings is 3. The first-order valence-corrected chi connectivity index (χ1v) is 15.4. The van der Waals surface area contributed by atoms with Crippen LogP contribution in [0.1, 0.15) is 50.8 Å². The van der Waals surface area contributed by atoms with Gasteiger partial charge in [0.2, 0.25) is 5.75 Å². The van der Waals surface area contributed by atoms with E-state index in [2.05, 4.69) is 81.4 Å². The molecule has 0 aromatic heterocycles. The Hall–Kier alpha value is -2.84. The maximum atomic E-state index is 7.54. The van der Waals surface area contributed by atoms with Crippen LogP contribution in [0.4, 0.5) is 0 Å². The van der Waals surface area contributed by atoms with Crippen molar-refractivity contribution < 1.29 is 28.1 Å². The van der Waals surface area contributed by atoms with Gasteiger partial charge in [0.1, 0.15) is 6.79 Å². The van der Waals surface area contributed by atoms with Crippen molar-refractivity contribution in [1.29, 1.82) is 0 Å². The molecule has 3 aromatic carbocycles. The first-order chi connectivity index (χ1) is 18.8. The highest BCUT2D eigenvalue weighted by atomic mass is 28.4. The van der Waals surface area contributed by atoms with E-state index in [-0.39, 0.29) is 24.0 Å². The molecular weight excluding hydrogens is 508 g/mol. The van der Waals surface area contributed by atoms with E-state index in [1.54, 1.807) is 28.4 Å². The second-order valence-corrected chi connectivity index (χ2v) is 15.2. The second kappa shape index (κ2) is 12.6. The Morgan fingerprint density at radius 1 is 0.795 bits per heavy atom. The van der Waals surface area contributed by atoms with Gasteiger partial charge in [0.05, 0.1) is 27.4 Å². The van der Waals surface area contributed by atoms with E-state index >= 15 is 0 Å². The van der Waals surface area contributed by atoms with Crippen LogP contribution in [-0.4, -0.2) is 49.7 Å². The number of hydrogen-bond donors (Lipinski definition) is 0. The lowest BCUT2D eigenvalue weighted by atomic mass is 9.98. The van der Waals surface area contributed by atoms with Crippen molar-refractivity contribution in [2.75, 3.05) is 35.2 Å². The van der Waals surface area contributed by atoms with E-state index in [1.807, 2.05) is 6.07 Å². The van der Waals surface area contributed by atoms with Crippen LogP contribution >= 0.6 is 0 Å². The number of rotatable bonds is 10. The van der Waals surface area contributed by atoms with Crippen LogP contribution < -0.4 is 24.6 Å². The number of ether oxygens (including phenoxy) is 5. The zero-order valence-corrected chi connectivity index (χ0v) is 25.3. The van der Waals surface area contributed by atoms with Gasteiger partial charge in [-0.1, -0.05) is 81.4 Å². The Morgan fingerprint density at radius 2 is 1.38 bits per heavy atom. The summed E-state index contributed by atoms with van der Waals surface area (Å²) in [6, 6.07) is 23.5. The minimum atomic E-state index is -2.75. The maximum Gasteiger partial charge on any atom is 0.261 e. The monoisotopic (exact) mass is 550 g/mol.